The lowest BCUT2D eigenvalue weighted by atomic mass is 9.92. The predicted octanol–water partition coefficient (Wildman–Crippen LogP) is 2.15. The molecule has 0 saturated heterocycles. The van der Waals surface area contributed by atoms with Crippen LogP contribution in [-0.4, -0.2) is 22.9 Å². The average Bonchev–Trinajstić information content (AvgIpc) is 2.16. The summed E-state index contributed by atoms with van der Waals surface area (Å²) in [7, 11) is 0. The molecule has 0 radical (unpaired) electrons. The van der Waals surface area contributed by atoms with Crippen molar-refractivity contribution in [1.29, 1.82) is 0 Å². The number of rotatable bonds is 4. The summed E-state index contributed by atoms with van der Waals surface area (Å²) < 4.78 is 0. The van der Waals surface area contributed by atoms with Gasteiger partial charge in [-0.3, -0.25) is 0 Å². The van der Waals surface area contributed by atoms with Gasteiger partial charge >= 0.3 is 0 Å². The van der Waals surface area contributed by atoms with Gasteiger partial charge in [-0.25, -0.2) is 0 Å². The highest BCUT2D eigenvalue weighted by molar-refractivity contribution is 5.30. The maximum absolute atomic E-state index is 9.38. The molecule has 1 rings (SSSR count). The highest BCUT2D eigenvalue weighted by Crippen LogP contribution is 2.22. The van der Waals surface area contributed by atoms with Crippen LogP contribution >= 0.6 is 0 Å². The second-order valence-electron chi connectivity index (χ2n) is 4.39. The lowest BCUT2D eigenvalue weighted by Crippen LogP contribution is -2.15. The molecule has 0 aromatic heterocycles. The van der Waals surface area contributed by atoms with E-state index in [1.165, 1.54) is 16.7 Å². The van der Waals surface area contributed by atoms with E-state index in [9.17, 15) is 5.11 Å². The van der Waals surface area contributed by atoms with Gasteiger partial charge in [0.25, 0.3) is 0 Å². The van der Waals surface area contributed by atoms with Crippen LogP contribution in [0, 0.1) is 13.8 Å². The Labute approximate surface area is 91.6 Å². The SMILES string of the molecule is Cc1cc(C)cc(C(C)CC(O)CO)c1. The highest BCUT2D eigenvalue weighted by atomic mass is 16.3. The third-order valence-corrected chi connectivity index (χ3v) is 2.65. The quantitative estimate of drug-likeness (QED) is 0.796. The van der Waals surface area contributed by atoms with Gasteiger partial charge in [0.15, 0.2) is 0 Å². The number of benzene rings is 1. The number of aliphatic hydroxyl groups excluding tert-OH is 2. The third kappa shape index (κ3) is 3.65. The van der Waals surface area contributed by atoms with Crippen molar-refractivity contribution in [2.24, 2.45) is 0 Å². The first-order valence-electron chi connectivity index (χ1n) is 5.40. The molecule has 0 amide bonds. The molecule has 0 aliphatic carbocycles. The summed E-state index contributed by atoms with van der Waals surface area (Å²) in [4.78, 5) is 0. The molecule has 0 aliphatic heterocycles. The Kier molecular flexibility index (Phi) is 4.30. The number of aliphatic hydroxyl groups is 2. The smallest absolute Gasteiger partial charge is 0.0776 e. The summed E-state index contributed by atoms with van der Waals surface area (Å²) in [5.74, 6) is 0.283. The summed E-state index contributed by atoms with van der Waals surface area (Å²) in [6.07, 6.45) is 0.000156. The minimum atomic E-state index is -0.610. The second kappa shape index (κ2) is 5.29. The minimum Gasteiger partial charge on any atom is -0.394 e. The van der Waals surface area contributed by atoms with Crippen molar-refractivity contribution in [3.8, 4) is 0 Å². The molecule has 2 heteroatoms. The maximum atomic E-state index is 9.38. The van der Waals surface area contributed by atoms with Crippen LogP contribution in [0.25, 0.3) is 0 Å². The zero-order valence-electron chi connectivity index (χ0n) is 9.70. The maximum Gasteiger partial charge on any atom is 0.0776 e. The second-order valence-corrected chi connectivity index (χ2v) is 4.39. The molecule has 2 atom stereocenters. The summed E-state index contributed by atoms with van der Waals surface area (Å²) in [6, 6.07) is 6.42. The lowest BCUT2D eigenvalue weighted by Gasteiger charge is -2.16. The van der Waals surface area contributed by atoms with Crippen molar-refractivity contribution in [2.75, 3.05) is 6.61 Å². The first-order chi connectivity index (χ1) is 7.02. The standard InChI is InChI=1S/C13H20O2/c1-9-4-10(2)6-12(5-9)11(3)7-13(15)8-14/h4-6,11,13-15H,7-8H2,1-3H3. The van der Waals surface area contributed by atoms with Crippen LogP contribution in [0.3, 0.4) is 0 Å². The molecule has 0 heterocycles. The highest BCUT2D eigenvalue weighted by Gasteiger charge is 2.11. The van der Waals surface area contributed by atoms with Gasteiger partial charge in [-0.05, 0) is 31.7 Å². The molecular weight excluding hydrogens is 188 g/mol. The summed E-state index contributed by atoms with van der Waals surface area (Å²) in [5, 5.41) is 18.2. The van der Waals surface area contributed by atoms with Crippen LogP contribution in [0.1, 0.15) is 36.0 Å². The molecule has 15 heavy (non-hydrogen) atoms. The van der Waals surface area contributed by atoms with E-state index in [1.807, 2.05) is 0 Å². The van der Waals surface area contributed by atoms with E-state index in [2.05, 4.69) is 39.0 Å². The van der Waals surface area contributed by atoms with Gasteiger partial charge in [-0.2, -0.15) is 0 Å². The first kappa shape index (κ1) is 12.2. The molecule has 2 unspecified atom stereocenters. The van der Waals surface area contributed by atoms with Crippen molar-refractivity contribution >= 4 is 0 Å². The predicted molar refractivity (Wildman–Crippen MR) is 62.0 cm³/mol. The summed E-state index contributed by atoms with van der Waals surface area (Å²) in [6.45, 7) is 6.07. The lowest BCUT2D eigenvalue weighted by molar-refractivity contribution is 0.0835. The monoisotopic (exact) mass is 208 g/mol. The van der Waals surface area contributed by atoms with Gasteiger partial charge in [-0.15, -0.1) is 0 Å². The molecule has 0 bridgehead atoms. The normalized spacial score (nSPS) is 15.0. The van der Waals surface area contributed by atoms with Gasteiger partial charge in [0, 0.05) is 0 Å². The van der Waals surface area contributed by atoms with Crippen LogP contribution in [0.4, 0.5) is 0 Å². The Morgan fingerprint density at radius 2 is 1.67 bits per heavy atom. The van der Waals surface area contributed by atoms with Crippen molar-refractivity contribution in [2.45, 2.75) is 39.2 Å². The van der Waals surface area contributed by atoms with Crippen LogP contribution in [-0.2, 0) is 0 Å². The molecule has 1 aromatic rings. The van der Waals surface area contributed by atoms with E-state index in [0.29, 0.717) is 6.42 Å². The minimum absolute atomic E-state index is 0.158. The van der Waals surface area contributed by atoms with Crippen LogP contribution in [0.15, 0.2) is 18.2 Å². The van der Waals surface area contributed by atoms with E-state index < -0.39 is 6.10 Å². The van der Waals surface area contributed by atoms with E-state index in [0.717, 1.165) is 0 Å². The average molecular weight is 208 g/mol. The Hall–Kier alpha value is -0.860. The van der Waals surface area contributed by atoms with E-state index in [4.69, 9.17) is 5.11 Å². The molecule has 0 saturated carbocycles. The topological polar surface area (TPSA) is 40.5 Å². The number of hydrogen-bond donors (Lipinski definition) is 2. The van der Waals surface area contributed by atoms with Crippen LogP contribution < -0.4 is 0 Å². The Bertz CT molecular complexity index is 300. The number of aryl methyl sites for hydroxylation is 2. The Morgan fingerprint density at radius 1 is 1.13 bits per heavy atom. The fourth-order valence-corrected chi connectivity index (χ4v) is 1.91. The molecule has 1 aromatic carbocycles. The molecule has 0 fully saturated rings. The van der Waals surface area contributed by atoms with Gasteiger partial charge in [0.05, 0.1) is 12.7 Å². The Morgan fingerprint density at radius 3 is 2.13 bits per heavy atom. The first-order valence-corrected chi connectivity index (χ1v) is 5.40. The van der Waals surface area contributed by atoms with Crippen molar-refractivity contribution in [3.05, 3.63) is 34.9 Å². The molecule has 2 nitrogen and oxygen atoms in total. The van der Waals surface area contributed by atoms with Crippen LogP contribution in [0.5, 0.6) is 0 Å². The molecular formula is C13H20O2. The molecule has 0 spiro atoms. The summed E-state index contributed by atoms with van der Waals surface area (Å²) in [5.41, 5.74) is 3.73. The summed E-state index contributed by atoms with van der Waals surface area (Å²) >= 11 is 0. The zero-order chi connectivity index (χ0) is 11.4. The fraction of sp³-hybridized carbons (Fsp3) is 0.538. The van der Waals surface area contributed by atoms with Crippen molar-refractivity contribution in [1.82, 2.24) is 0 Å². The van der Waals surface area contributed by atoms with Gasteiger partial charge in [0.1, 0.15) is 0 Å². The van der Waals surface area contributed by atoms with Gasteiger partial charge in [0.2, 0.25) is 0 Å². The Balaban J connectivity index is 2.77. The fourth-order valence-electron chi connectivity index (χ4n) is 1.91. The van der Waals surface area contributed by atoms with E-state index >= 15 is 0 Å². The largest absolute Gasteiger partial charge is 0.394 e. The molecule has 0 aliphatic rings. The van der Waals surface area contributed by atoms with Crippen LogP contribution in [0.2, 0.25) is 0 Å². The zero-order valence-corrected chi connectivity index (χ0v) is 9.70. The third-order valence-electron chi connectivity index (χ3n) is 2.65. The molecule has 2 N–H and O–H groups in total. The van der Waals surface area contributed by atoms with Crippen molar-refractivity contribution < 1.29 is 10.2 Å². The molecule has 84 valence electrons. The van der Waals surface area contributed by atoms with Gasteiger partial charge < -0.3 is 10.2 Å². The van der Waals surface area contributed by atoms with Gasteiger partial charge in [-0.1, -0.05) is 36.2 Å². The van der Waals surface area contributed by atoms with E-state index in [1.54, 1.807) is 0 Å². The van der Waals surface area contributed by atoms with E-state index in [-0.39, 0.29) is 12.5 Å². The van der Waals surface area contributed by atoms with Crippen molar-refractivity contribution in [3.63, 3.8) is 0 Å². The number of hydrogen-bond acceptors (Lipinski definition) is 2.